The van der Waals surface area contributed by atoms with Gasteiger partial charge in [0.25, 0.3) is 0 Å². The molecule has 0 spiro atoms. The molecule has 0 saturated carbocycles. The van der Waals surface area contributed by atoms with Gasteiger partial charge in [-0.3, -0.25) is 4.84 Å². The maximum Gasteiger partial charge on any atom is 0.187 e. The van der Waals surface area contributed by atoms with E-state index < -0.39 is 0 Å². The lowest BCUT2D eigenvalue weighted by Gasteiger charge is -2.24. The van der Waals surface area contributed by atoms with Crippen LogP contribution >= 0.6 is 0 Å². The number of anilines is 2. The quantitative estimate of drug-likeness (QED) is 0.667. The van der Waals surface area contributed by atoms with E-state index in [-0.39, 0.29) is 0 Å². The van der Waals surface area contributed by atoms with Crippen LogP contribution in [-0.2, 0) is 4.84 Å². The van der Waals surface area contributed by atoms with E-state index in [1.807, 2.05) is 49.4 Å². The largest absolute Gasteiger partial charge is 0.493 e. The van der Waals surface area contributed by atoms with Crippen molar-refractivity contribution in [3.05, 3.63) is 48.3 Å². The van der Waals surface area contributed by atoms with Crippen molar-refractivity contribution in [2.45, 2.75) is 6.92 Å². The average Bonchev–Trinajstić information content (AvgIpc) is 2.61. The molecule has 1 aromatic heterocycles. The zero-order valence-electron chi connectivity index (χ0n) is 14.1. The predicted octanol–water partition coefficient (Wildman–Crippen LogP) is 3.65. The van der Waals surface area contributed by atoms with Crippen LogP contribution in [0, 0.1) is 6.92 Å². The van der Waals surface area contributed by atoms with Crippen LogP contribution in [0.3, 0.4) is 0 Å². The van der Waals surface area contributed by atoms with Gasteiger partial charge in [0.2, 0.25) is 0 Å². The lowest BCUT2D eigenvalue weighted by atomic mass is 10.2. The Morgan fingerprint density at radius 2 is 1.67 bits per heavy atom. The summed E-state index contributed by atoms with van der Waals surface area (Å²) >= 11 is 0. The predicted molar refractivity (Wildman–Crippen MR) is 93.0 cm³/mol. The topological polar surface area (TPSA) is 56.7 Å². The first-order valence-corrected chi connectivity index (χ1v) is 7.48. The van der Waals surface area contributed by atoms with Gasteiger partial charge in [0.1, 0.15) is 11.5 Å². The molecule has 0 N–H and O–H groups in total. The van der Waals surface area contributed by atoms with E-state index >= 15 is 0 Å². The van der Waals surface area contributed by atoms with Crippen LogP contribution in [0.1, 0.15) is 5.82 Å². The third kappa shape index (κ3) is 2.72. The number of benzene rings is 2. The van der Waals surface area contributed by atoms with Crippen molar-refractivity contribution in [2.75, 3.05) is 26.4 Å². The Bertz CT molecular complexity index is 867. The van der Waals surface area contributed by atoms with Gasteiger partial charge in [-0.2, -0.15) is 5.06 Å². The zero-order valence-corrected chi connectivity index (χ0v) is 14.1. The third-order valence-electron chi connectivity index (χ3n) is 3.67. The van der Waals surface area contributed by atoms with Gasteiger partial charge < -0.3 is 9.47 Å². The molecule has 0 aliphatic heterocycles. The van der Waals surface area contributed by atoms with Gasteiger partial charge in [0, 0.05) is 5.39 Å². The van der Waals surface area contributed by atoms with Gasteiger partial charge in [0.05, 0.1) is 26.8 Å². The second-order valence-corrected chi connectivity index (χ2v) is 5.10. The Kier molecular flexibility index (Phi) is 4.48. The van der Waals surface area contributed by atoms with E-state index in [1.165, 1.54) is 0 Å². The number of hydrogen-bond acceptors (Lipinski definition) is 6. The van der Waals surface area contributed by atoms with Crippen molar-refractivity contribution in [2.24, 2.45) is 0 Å². The van der Waals surface area contributed by atoms with Gasteiger partial charge in [-0.25, -0.2) is 9.97 Å². The lowest BCUT2D eigenvalue weighted by Crippen LogP contribution is -2.18. The molecule has 0 bridgehead atoms. The Morgan fingerprint density at radius 3 is 2.38 bits per heavy atom. The first kappa shape index (κ1) is 16.0. The first-order chi connectivity index (χ1) is 11.7. The minimum atomic E-state index is 0.571. The molecule has 0 aliphatic carbocycles. The van der Waals surface area contributed by atoms with E-state index in [2.05, 4.69) is 9.97 Å². The molecule has 0 unspecified atom stereocenters. The van der Waals surface area contributed by atoms with E-state index in [9.17, 15) is 0 Å². The fraction of sp³-hybridized carbons (Fsp3) is 0.222. The second kappa shape index (κ2) is 6.72. The monoisotopic (exact) mass is 325 g/mol. The molecule has 0 radical (unpaired) electrons. The number of nitrogens with zero attached hydrogens (tertiary/aromatic N) is 3. The first-order valence-electron chi connectivity index (χ1n) is 7.48. The van der Waals surface area contributed by atoms with Crippen LogP contribution < -0.4 is 14.5 Å². The van der Waals surface area contributed by atoms with Crippen molar-refractivity contribution in [3.63, 3.8) is 0 Å². The van der Waals surface area contributed by atoms with Crippen molar-refractivity contribution in [1.82, 2.24) is 9.97 Å². The molecular weight excluding hydrogens is 306 g/mol. The van der Waals surface area contributed by atoms with Crippen LogP contribution in [0.2, 0.25) is 0 Å². The number of hydrogen-bond donors (Lipinski definition) is 0. The molecule has 6 nitrogen and oxygen atoms in total. The summed E-state index contributed by atoms with van der Waals surface area (Å²) in [6.07, 6.45) is 0. The molecule has 124 valence electrons. The van der Waals surface area contributed by atoms with Gasteiger partial charge in [-0.1, -0.05) is 18.2 Å². The third-order valence-corrected chi connectivity index (χ3v) is 3.67. The summed E-state index contributed by atoms with van der Waals surface area (Å²) in [6, 6.07) is 13.4. The lowest BCUT2D eigenvalue weighted by molar-refractivity contribution is 0.197. The summed E-state index contributed by atoms with van der Waals surface area (Å²) in [6.45, 7) is 1.85. The van der Waals surface area contributed by atoms with Gasteiger partial charge in [-0.15, -0.1) is 0 Å². The van der Waals surface area contributed by atoms with Crippen molar-refractivity contribution >= 4 is 22.4 Å². The summed E-state index contributed by atoms with van der Waals surface area (Å²) in [5, 5.41) is 2.51. The Morgan fingerprint density at radius 1 is 0.875 bits per heavy atom. The highest BCUT2D eigenvalue weighted by Gasteiger charge is 2.21. The standard InChI is InChI=1S/C18H19N3O3/c1-12-19-14-9-6-5-8-13(14)18(20-12)21(24-4)15-10-7-11-16(22-2)17(15)23-3/h5-11H,1-4H3. The minimum absolute atomic E-state index is 0.571. The van der Waals surface area contributed by atoms with Crippen molar-refractivity contribution < 1.29 is 14.3 Å². The molecule has 0 fully saturated rings. The Balaban J connectivity index is 2.24. The Labute approximate surface area is 140 Å². The number of rotatable bonds is 5. The molecule has 0 saturated heterocycles. The number of aromatic nitrogens is 2. The fourth-order valence-corrected chi connectivity index (χ4v) is 2.66. The summed E-state index contributed by atoms with van der Waals surface area (Å²) in [4.78, 5) is 14.7. The van der Waals surface area contributed by atoms with Gasteiger partial charge in [0.15, 0.2) is 17.3 Å². The highest BCUT2D eigenvalue weighted by Crippen LogP contribution is 2.41. The number of para-hydroxylation sites is 2. The van der Waals surface area contributed by atoms with Crippen LogP contribution in [0.5, 0.6) is 11.5 Å². The van der Waals surface area contributed by atoms with Crippen LogP contribution in [0.4, 0.5) is 11.5 Å². The van der Waals surface area contributed by atoms with Gasteiger partial charge in [-0.05, 0) is 31.2 Å². The van der Waals surface area contributed by atoms with Crippen molar-refractivity contribution in [1.29, 1.82) is 0 Å². The molecule has 2 aromatic carbocycles. The highest BCUT2D eigenvalue weighted by atomic mass is 16.7. The molecular formula is C18H19N3O3. The molecule has 3 aromatic rings. The molecule has 0 atom stereocenters. The molecule has 0 amide bonds. The SMILES string of the molecule is COc1cccc(N(OC)c2nc(C)nc3ccccc23)c1OC. The molecule has 0 aliphatic rings. The average molecular weight is 325 g/mol. The fourth-order valence-electron chi connectivity index (χ4n) is 2.66. The highest BCUT2D eigenvalue weighted by molar-refractivity contribution is 5.91. The summed E-state index contributed by atoms with van der Waals surface area (Å²) in [5.41, 5.74) is 1.55. The molecule has 1 heterocycles. The summed E-state index contributed by atoms with van der Waals surface area (Å²) < 4.78 is 10.9. The number of methoxy groups -OCH3 is 2. The number of fused-ring (bicyclic) bond motifs is 1. The number of ether oxygens (including phenoxy) is 2. The summed E-state index contributed by atoms with van der Waals surface area (Å²) in [5.74, 6) is 2.49. The molecule has 6 heteroatoms. The summed E-state index contributed by atoms with van der Waals surface area (Å²) in [7, 11) is 4.78. The normalized spacial score (nSPS) is 10.7. The Hall–Kier alpha value is -2.86. The molecule has 3 rings (SSSR count). The smallest absolute Gasteiger partial charge is 0.187 e. The number of aryl methyl sites for hydroxylation is 1. The van der Waals surface area contributed by atoms with E-state index in [0.29, 0.717) is 28.8 Å². The van der Waals surface area contributed by atoms with Crippen molar-refractivity contribution in [3.8, 4) is 11.5 Å². The second-order valence-electron chi connectivity index (χ2n) is 5.10. The van der Waals surface area contributed by atoms with Crippen LogP contribution in [0.25, 0.3) is 10.9 Å². The minimum Gasteiger partial charge on any atom is -0.493 e. The maximum absolute atomic E-state index is 5.64. The van der Waals surface area contributed by atoms with E-state index in [0.717, 1.165) is 10.9 Å². The zero-order chi connectivity index (χ0) is 17.1. The van der Waals surface area contributed by atoms with E-state index in [1.54, 1.807) is 26.4 Å². The van der Waals surface area contributed by atoms with E-state index in [4.69, 9.17) is 14.3 Å². The van der Waals surface area contributed by atoms with Crippen LogP contribution in [-0.4, -0.2) is 31.3 Å². The molecule has 24 heavy (non-hydrogen) atoms. The maximum atomic E-state index is 5.64. The van der Waals surface area contributed by atoms with Crippen LogP contribution in [0.15, 0.2) is 42.5 Å². The van der Waals surface area contributed by atoms with Gasteiger partial charge >= 0.3 is 0 Å².